The van der Waals surface area contributed by atoms with Crippen LogP contribution in [0.15, 0.2) is 52.3 Å². The lowest BCUT2D eigenvalue weighted by Crippen LogP contribution is -2.05. The first-order chi connectivity index (χ1) is 9.60. The number of carbonyl (C=O) groups excluding carboxylic acids is 1. The molecule has 3 nitrogen and oxygen atoms in total. The molecule has 0 saturated heterocycles. The molecule has 2 rings (SSSR count). The lowest BCUT2D eigenvalue weighted by Gasteiger charge is -2.09. The van der Waals surface area contributed by atoms with Crippen LogP contribution in [0.1, 0.15) is 12.5 Å². The number of hydrogen-bond donors (Lipinski definition) is 2. The van der Waals surface area contributed by atoms with Crippen LogP contribution in [-0.4, -0.2) is 5.91 Å². The Morgan fingerprint density at radius 1 is 1.25 bits per heavy atom. The minimum Gasteiger partial charge on any atom is -0.326 e. The van der Waals surface area contributed by atoms with E-state index in [1.165, 1.54) is 6.92 Å². The molecule has 0 aromatic heterocycles. The third kappa shape index (κ3) is 3.76. The molecule has 5 heteroatoms. The van der Waals surface area contributed by atoms with Gasteiger partial charge in [0.1, 0.15) is 0 Å². The van der Waals surface area contributed by atoms with E-state index in [-0.39, 0.29) is 5.91 Å². The van der Waals surface area contributed by atoms with E-state index in [9.17, 15) is 4.79 Å². The Bertz CT molecular complexity index is 614. The van der Waals surface area contributed by atoms with Gasteiger partial charge in [0.25, 0.3) is 0 Å². The zero-order chi connectivity index (χ0) is 14.5. The summed E-state index contributed by atoms with van der Waals surface area (Å²) in [5, 5.41) is 3.43. The van der Waals surface area contributed by atoms with Gasteiger partial charge in [-0.25, -0.2) is 0 Å². The summed E-state index contributed by atoms with van der Waals surface area (Å²) in [6.45, 7) is 1.90. The van der Waals surface area contributed by atoms with Crippen molar-refractivity contribution in [3.05, 3.63) is 53.1 Å². The van der Waals surface area contributed by atoms with Crippen molar-refractivity contribution in [2.45, 2.75) is 23.3 Å². The van der Waals surface area contributed by atoms with Crippen LogP contribution in [-0.2, 0) is 11.3 Å². The molecule has 1 amide bonds. The molecular weight excluding hydrogens is 292 g/mol. The molecule has 0 spiro atoms. The van der Waals surface area contributed by atoms with Crippen LogP contribution in [0.5, 0.6) is 0 Å². The van der Waals surface area contributed by atoms with Crippen molar-refractivity contribution >= 4 is 35.0 Å². The molecule has 0 aliphatic carbocycles. The van der Waals surface area contributed by atoms with Gasteiger partial charge in [-0.3, -0.25) is 4.79 Å². The van der Waals surface area contributed by atoms with Crippen molar-refractivity contribution < 1.29 is 4.79 Å². The van der Waals surface area contributed by atoms with E-state index in [0.717, 1.165) is 21.0 Å². The molecule has 0 aliphatic rings. The highest BCUT2D eigenvalue weighted by Gasteiger charge is 2.07. The largest absolute Gasteiger partial charge is 0.326 e. The van der Waals surface area contributed by atoms with Gasteiger partial charge in [-0.15, -0.1) is 0 Å². The molecule has 3 N–H and O–H groups in total. The molecule has 0 radical (unpaired) electrons. The van der Waals surface area contributed by atoms with Crippen molar-refractivity contribution in [3.63, 3.8) is 0 Å². The first-order valence-corrected chi connectivity index (χ1v) is 7.32. The molecule has 0 aliphatic heterocycles. The van der Waals surface area contributed by atoms with E-state index < -0.39 is 0 Å². The maximum atomic E-state index is 11.0. The predicted octanol–water partition coefficient (Wildman–Crippen LogP) is 3.91. The molecular formula is C15H15ClN2OS. The summed E-state index contributed by atoms with van der Waals surface area (Å²) < 4.78 is 0. The van der Waals surface area contributed by atoms with Gasteiger partial charge in [0.15, 0.2) is 0 Å². The normalized spacial score (nSPS) is 10.3. The SMILES string of the molecule is CC(=O)Nc1ccc(Sc2cccc(Cl)c2CN)cc1. The Morgan fingerprint density at radius 2 is 1.95 bits per heavy atom. The van der Waals surface area contributed by atoms with Crippen molar-refractivity contribution in [1.29, 1.82) is 0 Å². The molecule has 0 unspecified atom stereocenters. The monoisotopic (exact) mass is 306 g/mol. The van der Waals surface area contributed by atoms with Crippen LogP contribution in [0.25, 0.3) is 0 Å². The molecule has 20 heavy (non-hydrogen) atoms. The Morgan fingerprint density at radius 3 is 2.55 bits per heavy atom. The molecule has 2 aromatic carbocycles. The summed E-state index contributed by atoms with van der Waals surface area (Å²) in [5.74, 6) is -0.0781. The number of anilines is 1. The van der Waals surface area contributed by atoms with Crippen LogP contribution >= 0.6 is 23.4 Å². The molecule has 0 bridgehead atoms. The van der Waals surface area contributed by atoms with Gasteiger partial charge in [0.2, 0.25) is 5.91 Å². The van der Waals surface area contributed by atoms with Crippen molar-refractivity contribution in [3.8, 4) is 0 Å². The van der Waals surface area contributed by atoms with Crippen LogP contribution in [0.4, 0.5) is 5.69 Å². The second-order valence-corrected chi connectivity index (χ2v) is 5.75. The van der Waals surface area contributed by atoms with E-state index in [0.29, 0.717) is 11.6 Å². The number of carbonyl (C=O) groups is 1. The van der Waals surface area contributed by atoms with E-state index in [4.69, 9.17) is 17.3 Å². The molecule has 0 atom stereocenters. The smallest absolute Gasteiger partial charge is 0.221 e. The van der Waals surface area contributed by atoms with Gasteiger partial charge >= 0.3 is 0 Å². The maximum absolute atomic E-state index is 11.0. The quantitative estimate of drug-likeness (QED) is 0.900. The van der Waals surface area contributed by atoms with Gasteiger partial charge < -0.3 is 11.1 Å². The number of hydrogen-bond acceptors (Lipinski definition) is 3. The Balaban J connectivity index is 2.18. The van der Waals surface area contributed by atoms with Gasteiger partial charge in [-0.1, -0.05) is 29.4 Å². The Hall–Kier alpha value is -1.49. The molecule has 104 valence electrons. The van der Waals surface area contributed by atoms with Crippen LogP contribution in [0.2, 0.25) is 5.02 Å². The maximum Gasteiger partial charge on any atom is 0.221 e. The average molecular weight is 307 g/mol. The highest BCUT2D eigenvalue weighted by atomic mass is 35.5. The predicted molar refractivity (Wildman–Crippen MR) is 84.2 cm³/mol. The molecule has 0 fully saturated rings. The Kier molecular flexibility index (Phi) is 5.06. The van der Waals surface area contributed by atoms with Gasteiger partial charge in [0.05, 0.1) is 0 Å². The van der Waals surface area contributed by atoms with E-state index >= 15 is 0 Å². The summed E-state index contributed by atoms with van der Waals surface area (Å²) >= 11 is 7.74. The van der Waals surface area contributed by atoms with E-state index in [1.807, 2.05) is 42.5 Å². The number of nitrogens with two attached hydrogens (primary N) is 1. The fourth-order valence-electron chi connectivity index (χ4n) is 1.77. The third-order valence-electron chi connectivity index (χ3n) is 2.68. The first-order valence-electron chi connectivity index (χ1n) is 6.13. The number of amides is 1. The second kappa shape index (κ2) is 6.79. The molecule has 0 saturated carbocycles. The summed E-state index contributed by atoms with van der Waals surface area (Å²) in [5.41, 5.74) is 7.47. The topological polar surface area (TPSA) is 55.1 Å². The molecule has 0 heterocycles. The zero-order valence-corrected chi connectivity index (χ0v) is 12.6. The van der Waals surface area contributed by atoms with Crippen molar-refractivity contribution in [2.75, 3.05) is 5.32 Å². The van der Waals surface area contributed by atoms with Crippen LogP contribution in [0, 0.1) is 0 Å². The number of benzene rings is 2. The van der Waals surface area contributed by atoms with Gasteiger partial charge in [0, 0.05) is 34.0 Å². The number of nitrogens with one attached hydrogen (secondary N) is 1. The highest BCUT2D eigenvalue weighted by Crippen LogP contribution is 2.34. The molecule has 2 aromatic rings. The first kappa shape index (κ1) is 14.9. The van der Waals surface area contributed by atoms with Crippen LogP contribution < -0.4 is 11.1 Å². The number of halogens is 1. The fourth-order valence-corrected chi connectivity index (χ4v) is 3.07. The van der Waals surface area contributed by atoms with Crippen LogP contribution in [0.3, 0.4) is 0 Å². The van der Waals surface area contributed by atoms with E-state index in [1.54, 1.807) is 11.8 Å². The van der Waals surface area contributed by atoms with Gasteiger partial charge in [-0.05, 0) is 42.0 Å². The number of rotatable bonds is 4. The van der Waals surface area contributed by atoms with Crippen molar-refractivity contribution in [1.82, 2.24) is 0 Å². The van der Waals surface area contributed by atoms with Crippen molar-refractivity contribution in [2.24, 2.45) is 5.73 Å². The minimum atomic E-state index is -0.0781. The van der Waals surface area contributed by atoms with Gasteiger partial charge in [-0.2, -0.15) is 0 Å². The minimum absolute atomic E-state index is 0.0781. The Labute approximate surface area is 127 Å². The summed E-state index contributed by atoms with van der Waals surface area (Å²) in [4.78, 5) is 13.1. The summed E-state index contributed by atoms with van der Waals surface area (Å²) in [6.07, 6.45) is 0. The zero-order valence-electron chi connectivity index (χ0n) is 11.0. The lowest BCUT2D eigenvalue weighted by atomic mass is 10.2. The average Bonchev–Trinajstić information content (AvgIpc) is 2.41. The highest BCUT2D eigenvalue weighted by molar-refractivity contribution is 7.99. The fraction of sp³-hybridized carbons (Fsp3) is 0.133. The second-order valence-electron chi connectivity index (χ2n) is 4.23. The van der Waals surface area contributed by atoms with E-state index in [2.05, 4.69) is 5.32 Å². The summed E-state index contributed by atoms with van der Waals surface area (Å²) in [6, 6.07) is 13.4. The summed E-state index contributed by atoms with van der Waals surface area (Å²) in [7, 11) is 0. The standard InChI is InChI=1S/C15H15ClN2OS/c1-10(19)18-11-5-7-12(8-6-11)20-15-4-2-3-14(16)13(15)9-17/h2-8H,9,17H2,1H3,(H,18,19). The third-order valence-corrected chi connectivity index (χ3v) is 4.15. The lowest BCUT2D eigenvalue weighted by molar-refractivity contribution is -0.114.